The first-order chi connectivity index (χ1) is 12.1. The van der Waals surface area contributed by atoms with Crippen LogP contribution < -0.4 is 14.5 Å². The van der Waals surface area contributed by atoms with E-state index in [1.165, 1.54) is 0 Å². The molecule has 0 saturated heterocycles. The van der Waals surface area contributed by atoms with E-state index >= 15 is 0 Å². The Morgan fingerprint density at radius 1 is 1.04 bits per heavy atom. The number of carboxylic acid groups (broad SMARTS) is 1. The highest BCUT2D eigenvalue weighted by atomic mass is 35.5. The molecule has 10 nitrogen and oxygen atoms in total. The van der Waals surface area contributed by atoms with Crippen molar-refractivity contribution in [2.24, 2.45) is 14.1 Å². The Kier molecular flexibility index (Phi) is 14.6. The van der Waals surface area contributed by atoms with Crippen molar-refractivity contribution in [2.45, 2.75) is 26.9 Å². The number of rotatable bonds is 6. The zero-order valence-electron chi connectivity index (χ0n) is 16.1. The molecule has 0 fully saturated rings. The van der Waals surface area contributed by atoms with E-state index in [1.807, 2.05) is 35.6 Å². The number of hydrogen-bond donors (Lipinski definition) is 4. The summed E-state index contributed by atoms with van der Waals surface area (Å²) in [5.41, 5.74) is 0. The third-order valence-corrected chi connectivity index (χ3v) is 3.61. The van der Waals surface area contributed by atoms with Gasteiger partial charge < -0.3 is 14.9 Å². The average molecular weight is 428 g/mol. The van der Waals surface area contributed by atoms with Crippen molar-refractivity contribution in [3.8, 4) is 0 Å². The molecule has 12 heteroatoms. The largest absolute Gasteiger partial charge is 0.480 e. The van der Waals surface area contributed by atoms with Gasteiger partial charge in [0, 0.05) is 0 Å². The number of nitrogens with one attached hydrogen (secondary N) is 1. The van der Waals surface area contributed by atoms with Gasteiger partial charge in [-0.15, -0.1) is 12.4 Å². The molecule has 0 unspecified atom stereocenters. The number of halogens is 1. The Bertz CT molecular complexity index is 660. The molecule has 2 aromatic heterocycles. The van der Waals surface area contributed by atoms with Crippen LogP contribution in [-0.4, -0.2) is 42.8 Å². The topological polar surface area (TPSA) is 124 Å². The fourth-order valence-electron chi connectivity index (χ4n) is 1.69. The Balaban J connectivity index is 0. The van der Waals surface area contributed by atoms with Gasteiger partial charge in [0.15, 0.2) is 0 Å². The number of carbonyl (C=O) groups is 1. The highest BCUT2D eigenvalue weighted by Crippen LogP contribution is 2.31. The van der Waals surface area contributed by atoms with E-state index in [-0.39, 0.29) is 12.4 Å². The third kappa shape index (κ3) is 16.2. The molecular formula is C15H31ClN5O5P+2. The third-order valence-electron chi connectivity index (χ3n) is 2.97. The average Bonchev–Trinajstić information content (AvgIpc) is 3.15. The van der Waals surface area contributed by atoms with Crippen LogP contribution in [0, 0.1) is 0 Å². The van der Waals surface area contributed by atoms with Crippen LogP contribution >= 0.6 is 20.0 Å². The van der Waals surface area contributed by atoms with Crippen LogP contribution in [0.25, 0.3) is 0 Å². The maximum atomic E-state index is 10.1. The zero-order valence-corrected chi connectivity index (χ0v) is 17.8. The Hall–Kier alpha value is -1.71. The number of aromatic nitrogens is 4. The van der Waals surface area contributed by atoms with Crippen molar-refractivity contribution >= 4 is 26.0 Å². The maximum Gasteiger partial charge on any atom is 0.339 e. The maximum absolute atomic E-state index is 10.1. The van der Waals surface area contributed by atoms with Gasteiger partial charge in [-0.2, -0.15) is 0 Å². The van der Waals surface area contributed by atoms with Crippen molar-refractivity contribution in [1.29, 1.82) is 0 Å². The minimum absolute atomic E-state index is 0. The van der Waals surface area contributed by atoms with Gasteiger partial charge in [-0.25, -0.2) is 18.3 Å². The monoisotopic (exact) mass is 427 g/mol. The van der Waals surface area contributed by atoms with Gasteiger partial charge >= 0.3 is 13.6 Å². The van der Waals surface area contributed by atoms with E-state index in [9.17, 15) is 9.36 Å². The molecule has 0 atom stereocenters. The predicted molar refractivity (Wildman–Crippen MR) is 102 cm³/mol. The molecular weight excluding hydrogens is 397 g/mol. The summed E-state index contributed by atoms with van der Waals surface area (Å²) in [6.07, 6.45) is 11.7. The summed E-state index contributed by atoms with van der Waals surface area (Å²) < 4.78 is 18.4. The van der Waals surface area contributed by atoms with Crippen LogP contribution in [0.3, 0.4) is 0 Å². The van der Waals surface area contributed by atoms with Crippen molar-refractivity contribution in [3.63, 3.8) is 0 Å². The van der Waals surface area contributed by atoms with Crippen LogP contribution in [0.5, 0.6) is 0 Å². The van der Waals surface area contributed by atoms with Crippen molar-refractivity contribution in [3.05, 3.63) is 37.4 Å². The number of carboxylic acids is 1. The van der Waals surface area contributed by atoms with Crippen molar-refractivity contribution < 1.29 is 33.4 Å². The summed E-state index contributed by atoms with van der Waals surface area (Å²) in [5, 5.41) is 10.1. The molecule has 0 saturated carbocycles. The fraction of sp³-hybridized carbons (Fsp3) is 0.533. The molecule has 0 amide bonds. The van der Waals surface area contributed by atoms with Crippen LogP contribution in [-0.2, 0) is 36.5 Å². The van der Waals surface area contributed by atoms with Gasteiger partial charge in [0.25, 0.3) is 0 Å². The van der Waals surface area contributed by atoms with Crippen molar-refractivity contribution in [1.82, 2.24) is 14.5 Å². The Labute approximate surface area is 165 Å². The second-order valence-electron chi connectivity index (χ2n) is 5.46. The van der Waals surface area contributed by atoms with E-state index < -0.39 is 26.4 Å². The zero-order chi connectivity index (χ0) is 20.2. The molecule has 27 heavy (non-hydrogen) atoms. The molecule has 0 aromatic carbocycles. The SMILES string of the molecule is CCn1cc[n+](C)c1.CCn1cc[n+](C)c1.Cl.O=C(O)CNCP(=O)(O)O. The number of hydrogen-bond acceptors (Lipinski definition) is 3. The van der Waals surface area contributed by atoms with Gasteiger partial charge in [0.05, 0.1) is 40.0 Å². The summed E-state index contributed by atoms with van der Waals surface area (Å²) in [5.74, 6) is -1.14. The quantitative estimate of drug-likeness (QED) is 0.376. The van der Waals surface area contributed by atoms with Gasteiger partial charge in [-0.05, 0) is 13.8 Å². The van der Waals surface area contributed by atoms with Gasteiger partial charge in [-0.1, -0.05) is 0 Å². The number of imidazole rings is 2. The van der Waals surface area contributed by atoms with Crippen LogP contribution in [0.4, 0.5) is 0 Å². The number of aliphatic carboxylic acids is 1. The molecule has 0 radical (unpaired) electrons. The van der Waals surface area contributed by atoms with E-state index in [0.29, 0.717) is 0 Å². The first-order valence-electron chi connectivity index (χ1n) is 8.06. The molecule has 0 spiro atoms. The lowest BCUT2D eigenvalue weighted by Crippen LogP contribution is -2.23. The molecule has 2 aromatic rings. The smallest absolute Gasteiger partial charge is 0.339 e. The number of aryl methyl sites for hydroxylation is 4. The first-order valence-corrected chi connectivity index (χ1v) is 9.86. The summed E-state index contributed by atoms with van der Waals surface area (Å²) >= 11 is 0. The van der Waals surface area contributed by atoms with Crippen LogP contribution in [0.1, 0.15) is 13.8 Å². The summed E-state index contributed by atoms with van der Waals surface area (Å²) in [6.45, 7) is 5.92. The van der Waals surface area contributed by atoms with E-state index in [2.05, 4.69) is 53.3 Å². The second kappa shape index (κ2) is 14.4. The van der Waals surface area contributed by atoms with Gasteiger partial charge in [0.2, 0.25) is 12.7 Å². The van der Waals surface area contributed by atoms with E-state index in [1.54, 1.807) is 0 Å². The molecule has 0 bridgehead atoms. The summed E-state index contributed by atoms with van der Waals surface area (Å²) in [6, 6.07) is 0. The summed E-state index contributed by atoms with van der Waals surface area (Å²) in [7, 11) is -0.0564. The van der Waals surface area contributed by atoms with Gasteiger partial charge in [-0.3, -0.25) is 14.7 Å². The molecule has 2 heterocycles. The molecule has 0 aliphatic heterocycles. The molecule has 156 valence electrons. The highest BCUT2D eigenvalue weighted by Gasteiger charge is 2.11. The minimum atomic E-state index is -4.10. The lowest BCUT2D eigenvalue weighted by Gasteiger charge is -2.02. The Morgan fingerprint density at radius 3 is 1.63 bits per heavy atom. The van der Waals surface area contributed by atoms with Crippen LogP contribution in [0.2, 0.25) is 0 Å². The predicted octanol–water partition coefficient (Wildman–Crippen LogP) is -0.117. The number of nitrogens with zero attached hydrogens (tertiary/aromatic N) is 4. The van der Waals surface area contributed by atoms with Gasteiger partial charge in [0.1, 0.15) is 24.8 Å². The molecule has 0 aliphatic carbocycles. The standard InChI is InChI=1S/2C6H11N2.C3H8NO5P.ClH/c2*1-3-8-5-4-7(2)6-8;5-3(6)1-4-2-10(7,8)9;/h2*4-6H,3H2,1-2H3;4H,1-2H2,(H,5,6)(H2,7,8,9);1H/q2*+1;;. The first kappa shape index (κ1) is 27.5. The molecule has 4 N–H and O–H groups in total. The molecule has 0 aliphatic rings. The lowest BCUT2D eigenvalue weighted by atomic mass is 10.7. The normalized spacial score (nSPS) is 10.0. The minimum Gasteiger partial charge on any atom is -0.480 e. The second-order valence-corrected chi connectivity index (χ2v) is 7.11. The lowest BCUT2D eigenvalue weighted by molar-refractivity contribution is -0.671. The summed E-state index contributed by atoms with van der Waals surface area (Å²) in [4.78, 5) is 26.1. The Morgan fingerprint density at radius 2 is 1.44 bits per heavy atom. The fourth-order valence-corrected chi connectivity index (χ4v) is 2.09. The van der Waals surface area contributed by atoms with Crippen LogP contribution in [0.15, 0.2) is 37.4 Å². The van der Waals surface area contributed by atoms with E-state index in [4.69, 9.17) is 14.9 Å². The van der Waals surface area contributed by atoms with E-state index in [0.717, 1.165) is 13.1 Å². The van der Waals surface area contributed by atoms with Crippen molar-refractivity contribution in [2.75, 3.05) is 12.8 Å². The molecule has 2 rings (SSSR count). The highest BCUT2D eigenvalue weighted by molar-refractivity contribution is 7.51.